The van der Waals surface area contributed by atoms with Crippen molar-refractivity contribution >= 4 is 39.7 Å². The molecule has 4 rings (SSSR count). The number of fused-ring (bicyclic) bond motifs is 2. The summed E-state index contributed by atoms with van der Waals surface area (Å²) in [7, 11) is 0. The predicted molar refractivity (Wildman–Crippen MR) is 110 cm³/mol. The molecule has 0 bridgehead atoms. The Morgan fingerprint density at radius 3 is 2.57 bits per heavy atom. The molecule has 6 nitrogen and oxygen atoms in total. The summed E-state index contributed by atoms with van der Waals surface area (Å²) in [6.07, 6.45) is 3.36. The third kappa shape index (κ3) is 3.48. The number of nitrogens with one attached hydrogen (secondary N) is 1. The van der Waals surface area contributed by atoms with E-state index < -0.39 is 5.91 Å². The van der Waals surface area contributed by atoms with Gasteiger partial charge >= 0.3 is 0 Å². The maximum atomic E-state index is 12.4. The number of amides is 2. The molecule has 0 atom stereocenters. The van der Waals surface area contributed by atoms with E-state index in [1.54, 1.807) is 23.0 Å². The van der Waals surface area contributed by atoms with Crippen LogP contribution in [0.2, 0.25) is 0 Å². The molecule has 0 aliphatic heterocycles. The molecule has 0 radical (unpaired) electrons. The van der Waals surface area contributed by atoms with Gasteiger partial charge in [-0.2, -0.15) is 5.10 Å². The second kappa shape index (κ2) is 7.36. The van der Waals surface area contributed by atoms with Crippen LogP contribution in [-0.4, -0.2) is 22.6 Å². The van der Waals surface area contributed by atoms with E-state index in [1.807, 2.05) is 60.7 Å². The highest BCUT2D eigenvalue weighted by Crippen LogP contribution is 2.20. The van der Waals surface area contributed by atoms with Crippen molar-refractivity contribution in [2.45, 2.75) is 6.54 Å². The molecular weight excluding hydrogens is 352 g/mol. The number of benzene rings is 3. The first-order chi connectivity index (χ1) is 13.6. The van der Waals surface area contributed by atoms with Crippen molar-refractivity contribution in [2.75, 3.05) is 0 Å². The monoisotopic (exact) mass is 370 g/mol. The van der Waals surface area contributed by atoms with Gasteiger partial charge in [0.05, 0.1) is 6.21 Å². The second-order valence-corrected chi connectivity index (χ2v) is 6.46. The summed E-state index contributed by atoms with van der Waals surface area (Å²) in [5.74, 6) is -0.711. The van der Waals surface area contributed by atoms with E-state index >= 15 is 0 Å². The summed E-state index contributed by atoms with van der Waals surface area (Å²) in [6.45, 7) is 0.0812. The summed E-state index contributed by atoms with van der Waals surface area (Å²) >= 11 is 0. The van der Waals surface area contributed by atoms with E-state index in [1.165, 1.54) is 0 Å². The van der Waals surface area contributed by atoms with Crippen LogP contribution in [0.5, 0.6) is 0 Å². The predicted octanol–water partition coefficient (Wildman–Crippen LogP) is 3.04. The molecule has 138 valence electrons. The number of nitrogens with zero attached hydrogens (tertiary/aromatic N) is 2. The molecule has 0 fully saturated rings. The van der Waals surface area contributed by atoms with Gasteiger partial charge in [0.25, 0.3) is 5.91 Å². The molecule has 0 aliphatic rings. The quantitative estimate of drug-likeness (QED) is 0.418. The van der Waals surface area contributed by atoms with E-state index in [0.29, 0.717) is 5.56 Å². The van der Waals surface area contributed by atoms with Gasteiger partial charge in [0, 0.05) is 28.2 Å². The van der Waals surface area contributed by atoms with Crippen LogP contribution in [-0.2, 0) is 11.3 Å². The Balaban J connectivity index is 1.55. The fourth-order valence-electron chi connectivity index (χ4n) is 3.23. The molecule has 3 N–H and O–H groups in total. The highest BCUT2D eigenvalue weighted by molar-refractivity contribution is 6.02. The molecule has 1 aromatic heterocycles. The Morgan fingerprint density at radius 1 is 1.00 bits per heavy atom. The molecule has 28 heavy (non-hydrogen) atoms. The van der Waals surface area contributed by atoms with E-state index in [4.69, 9.17) is 5.73 Å². The van der Waals surface area contributed by atoms with E-state index in [0.717, 1.165) is 27.2 Å². The van der Waals surface area contributed by atoms with Crippen LogP contribution >= 0.6 is 0 Å². The second-order valence-electron chi connectivity index (χ2n) is 6.46. The van der Waals surface area contributed by atoms with Crippen LogP contribution in [0, 0.1) is 0 Å². The Hall–Kier alpha value is -3.93. The third-order valence-electron chi connectivity index (χ3n) is 4.53. The number of carbonyl (C=O) groups is 2. The highest BCUT2D eigenvalue weighted by Gasteiger charge is 2.09. The minimum Gasteiger partial charge on any atom is -0.368 e. The fraction of sp³-hybridized carbons (Fsp3) is 0.0455. The van der Waals surface area contributed by atoms with Crippen LogP contribution in [0.1, 0.15) is 15.9 Å². The molecule has 2 amide bonds. The van der Waals surface area contributed by atoms with Gasteiger partial charge < -0.3 is 10.3 Å². The lowest BCUT2D eigenvalue weighted by molar-refractivity contribution is -0.118. The summed E-state index contributed by atoms with van der Waals surface area (Å²) in [6, 6.07) is 21.0. The number of aromatic nitrogens is 1. The standard InChI is InChI=1S/C22H18N4O2/c23-21(27)14-26-13-18(19-7-3-4-8-20(19)26)12-24-25-22(28)17-10-9-15-5-1-2-6-16(15)11-17/h1-13H,14H2,(H2,23,27)(H,25,28). The van der Waals surface area contributed by atoms with Gasteiger partial charge in [-0.1, -0.05) is 48.5 Å². The topological polar surface area (TPSA) is 89.5 Å². The molecule has 4 aromatic rings. The smallest absolute Gasteiger partial charge is 0.271 e. The van der Waals surface area contributed by atoms with Crippen molar-refractivity contribution < 1.29 is 9.59 Å². The van der Waals surface area contributed by atoms with Gasteiger partial charge in [0.15, 0.2) is 0 Å². The Labute approximate surface area is 161 Å². The highest BCUT2D eigenvalue weighted by atomic mass is 16.2. The van der Waals surface area contributed by atoms with E-state index in [-0.39, 0.29) is 12.5 Å². The molecule has 6 heteroatoms. The first kappa shape index (κ1) is 17.5. The van der Waals surface area contributed by atoms with Crippen LogP contribution in [0.25, 0.3) is 21.7 Å². The van der Waals surface area contributed by atoms with Crippen molar-refractivity contribution in [2.24, 2.45) is 10.8 Å². The minimum absolute atomic E-state index is 0.0812. The Morgan fingerprint density at radius 2 is 1.75 bits per heavy atom. The zero-order chi connectivity index (χ0) is 19.5. The molecular formula is C22H18N4O2. The number of hydrogen-bond acceptors (Lipinski definition) is 3. The molecule has 0 saturated carbocycles. The van der Waals surface area contributed by atoms with Gasteiger partial charge in [-0.3, -0.25) is 9.59 Å². The van der Waals surface area contributed by atoms with Crippen LogP contribution in [0.3, 0.4) is 0 Å². The Kier molecular flexibility index (Phi) is 4.60. The number of carbonyl (C=O) groups excluding carboxylic acids is 2. The number of primary amides is 1. The lowest BCUT2D eigenvalue weighted by Crippen LogP contribution is -2.18. The number of para-hydroxylation sites is 1. The van der Waals surface area contributed by atoms with Gasteiger partial charge in [-0.05, 0) is 29.0 Å². The van der Waals surface area contributed by atoms with Crippen molar-refractivity contribution in [1.82, 2.24) is 9.99 Å². The number of hydrazone groups is 1. The normalized spacial score (nSPS) is 11.3. The summed E-state index contributed by atoms with van der Waals surface area (Å²) < 4.78 is 1.77. The minimum atomic E-state index is -0.422. The molecule has 0 spiro atoms. The largest absolute Gasteiger partial charge is 0.368 e. The van der Waals surface area contributed by atoms with Gasteiger partial charge in [-0.25, -0.2) is 5.43 Å². The zero-order valence-corrected chi connectivity index (χ0v) is 15.0. The fourth-order valence-corrected chi connectivity index (χ4v) is 3.23. The SMILES string of the molecule is NC(=O)Cn1cc(C=NNC(=O)c2ccc3ccccc3c2)c2ccccc21. The first-order valence-electron chi connectivity index (χ1n) is 8.80. The first-order valence-corrected chi connectivity index (χ1v) is 8.80. The number of nitrogens with two attached hydrogens (primary N) is 1. The molecule has 0 aliphatic carbocycles. The van der Waals surface area contributed by atoms with Crippen LogP contribution < -0.4 is 11.2 Å². The van der Waals surface area contributed by atoms with E-state index in [9.17, 15) is 9.59 Å². The molecule has 0 unspecified atom stereocenters. The lowest BCUT2D eigenvalue weighted by Gasteiger charge is -2.02. The number of rotatable bonds is 5. The zero-order valence-electron chi connectivity index (χ0n) is 15.0. The van der Waals surface area contributed by atoms with E-state index in [2.05, 4.69) is 10.5 Å². The van der Waals surface area contributed by atoms with Crippen LogP contribution in [0.4, 0.5) is 0 Å². The third-order valence-corrected chi connectivity index (χ3v) is 4.53. The average molecular weight is 370 g/mol. The summed E-state index contributed by atoms with van der Waals surface area (Å²) in [4.78, 5) is 23.7. The van der Waals surface area contributed by atoms with Gasteiger partial charge in [-0.15, -0.1) is 0 Å². The summed E-state index contributed by atoms with van der Waals surface area (Å²) in [5, 5.41) is 7.08. The van der Waals surface area contributed by atoms with Gasteiger partial charge in [0.2, 0.25) is 5.91 Å². The maximum absolute atomic E-state index is 12.4. The number of hydrogen-bond donors (Lipinski definition) is 2. The van der Waals surface area contributed by atoms with Crippen molar-refractivity contribution in [3.05, 3.63) is 84.1 Å². The molecule has 1 heterocycles. The van der Waals surface area contributed by atoms with Crippen molar-refractivity contribution in [3.63, 3.8) is 0 Å². The maximum Gasteiger partial charge on any atom is 0.271 e. The van der Waals surface area contributed by atoms with Crippen molar-refractivity contribution in [1.29, 1.82) is 0 Å². The van der Waals surface area contributed by atoms with Crippen molar-refractivity contribution in [3.8, 4) is 0 Å². The summed E-state index contributed by atoms with van der Waals surface area (Å²) in [5.41, 5.74) is 10.1. The molecule has 0 saturated heterocycles. The molecule has 3 aromatic carbocycles. The lowest BCUT2D eigenvalue weighted by atomic mass is 10.1. The van der Waals surface area contributed by atoms with Crippen LogP contribution in [0.15, 0.2) is 78.0 Å². The Bertz CT molecular complexity index is 1220. The van der Waals surface area contributed by atoms with Gasteiger partial charge in [0.1, 0.15) is 6.54 Å². The average Bonchev–Trinajstić information content (AvgIpc) is 3.04.